The first-order valence-corrected chi connectivity index (χ1v) is 11.4. The Bertz CT molecular complexity index is 1110. The summed E-state index contributed by atoms with van der Waals surface area (Å²) in [4.78, 5) is 0. The van der Waals surface area contributed by atoms with Gasteiger partial charge in [-0.15, -0.1) is 0 Å². The van der Waals surface area contributed by atoms with Crippen LogP contribution < -0.4 is 19.5 Å². The first kappa shape index (κ1) is 20.7. The number of ether oxygens (including phenoxy) is 1. The van der Waals surface area contributed by atoms with E-state index in [2.05, 4.69) is 0 Å². The standard InChI is InChI=1S/C25H22NO4P/c26-25(20-11-10-18-24(19-20)28-21-12-4-1-5-13-21)31(27,29-22-14-6-2-7-15-22)30-23-16-8-3-9-17-23/h1-19,25H,26H2. The molecule has 0 spiro atoms. The van der Waals surface area contributed by atoms with Crippen LogP contribution in [0.15, 0.2) is 115 Å². The smallest absolute Gasteiger partial charge is 0.451 e. The van der Waals surface area contributed by atoms with Crippen molar-refractivity contribution in [1.82, 2.24) is 0 Å². The van der Waals surface area contributed by atoms with E-state index in [0.717, 1.165) is 0 Å². The largest absolute Gasteiger partial charge is 0.457 e. The highest BCUT2D eigenvalue weighted by Crippen LogP contribution is 2.57. The predicted molar refractivity (Wildman–Crippen MR) is 122 cm³/mol. The normalized spacial score (nSPS) is 12.0. The SMILES string of the molecule is NC(c1cccc(Oc2ccccc2)c1)P(=O)(Oc1ccccc1)Oc1ccccc1. The van der Waals surface area contributed by atoms with Crippen LogP contribution >= 0.6 is 7.60 Å². The lowest BCUT2D eigenvalue weighted by Crippen LogP contribution is -2.18. The summed E-state index contributed by atoms with van der Waals surface area (Å²) in [5.41, 5.74) is 7.04. The number of rotatable bonds is 8. The van der Waals surface area contributed by atoms with Crippen LogP contribution in [-0.4, -0.2) is 0 Å². The summed E-state index contributed by atoms with van der Waals surface area (Å²) in [6, 6.07) is 34.2. The van der Waals surface area contributed by atoms with E-state index >= 15 is 0 Å². The molecule has 0 aromatic heterocycles. The van der Waals surface area contributed by atoms with E-state index in [-0.39, 0.29) is 0 Å². The van der Waals surface area contributed by atoms with Crippen molar-refractivity contribution in [3.05, 3.63) is 121 Å². The second-order valence-corrected chi connectivity index (χ2v) is 8.78. The van der Waals surface area contributed by atoms with Gasteiger partial charge in [-0.3, -0.25) is 0 Å². The molecule has 0 heterocycles. The van der Waals surface area contributed by atoms with Crippen molar-refractivity contribution < 1.29 is 18.3 Å². The van der Waals surface area contributed by atoms with Crippen molar-refractivity contribution in [3.8, 4) is 23.0 Å². The molecule has 0 bridgehead atoms. The van der Waals surface area contributed by atoms with Gasteiger partial charge in [0.2, 0.25) is 0 Å². The van der Waals surface area contributed by atoms with Crippen LogP contribution in [0.25, 0.3) is 0 Å². The summed E-state index contributed by atoms with van der Waals surface area (Å²) >= 11 is 0. The van der Waals surface area contributed by atoms with E-state index in [0.29, 0.717) is 28.6 Å². The average Bonchev–Trinajstić information content (AvgIpc) is 2.81. The van der Waals surface area contributed by atoms with Crippen LogP contribution in [0.1, 0.15) is 11.3 Å². The minimum atomic E-state index is -3.86. The van der Waals surface area contributed by atoms with Crippen molar-refractivity contribution in [2.75, 3.05) is 0 Å². The second kappa shape index (κ2) is 9.52. The number of para-hydroxylation sites is 3. The Morgan fingerprint density at radius 2 is 1.03 bits per heavy atom. The molecule has 0 saturated heterocycles. The fraction of sp³-hybridized carbons (Fsp3) is 0.0400. The van der Waals surface area contributed by atoms with Gasteiger partial charge in [0.25, 0.3) is 0 Å². The number of nitrogens with two attached hydrogens (primary N) is 1. The Morgan fingerprint density at radius 1 is 0.581 bits per heavy atom. The molecule has 156 valence electrons. The minimum Gasteiger partial charge on any atom is -0.457 e. The minimum absolute atomic E-state index is 0.411. The fourth-order valence-corrected chi connectivity index (χ4v) is 4.58. The van der Waals surface area contributed by atoms with Crippen molar-refractivity contribution in [1.29, 1.82) is 0 Å². The highest BCUT2D eigenvalue weighted by molar-refractivity contribution is 7.55. The summed E-state index contributed by atoms with van der Waals surface area (Å²) in [6.07, 6.45) is 0. The molecule has 4 aromatic carbocycles. The van der Waals surface area contributed by atoms with Crippen molar-refractivity contribution in [2.45, 2.75) is 5.78 Å². The van der Waals surface area contributed by atoms with E-state index in [1.165, 1.54) is 0 Å². The molecule has 31 heavy (non-hydrogen) atoms. The van der Waals surface area contributed by atoms with Crippen LogP contribution in [0.3, 0.4) is 0 Å². The molecule has 0 fully saturated rings. The molecule has 4 aromatic rings. The molecular formula is C25H22NO4P. The molecule has 4 rings (SSSR count). The van der Waals surface area contributed by atoms with Crippen LogP contribution in [0.5, 0.6) is 23.0 Å². The van der Waals surface area contributed by atoms with Gasteiger partial charge in [0, 0.05) is 0 Å². The quantitative estimate of drug-likeness (QED) is 0.311. The molecular weight excluding hydrogens is 409 g/mol. The van der Waals surface area contributed by atoms with Gasteiger partial charge >= 0.3 is 7.60 Å². The lowest BCUT2D eigenvalue weighted by molar-refractivity contribution is 0.373. The fourth-order valence-electron chi connectivity index (χ4n) is 2.96. The van der Waals surface area contributed by atoms with Gasteiger partial charge in [0.15, 0.2) is 5.78 Å². The van der Waals surface area contributed by atoms with Gasteiger partial charge in [-0.25, -0.2) is 4.57 Å². The lowest BCUT2D eigenvalue weighted by atomic mass is 10.2. The number of benzene rings is 4. The van der Waals surface area contributed by atoms with E-state index in [4.69, 9.17) is 19.5 Å². The highest BCUT2D eigenvalue weighted by atomic mass is 31.2. The van der Waals surface area contributed by atoms with Crippen molar-refractivity contribution in [3.63, 3.8) is 0 Å². The summed E-state index contributed by atoms with van der Waals surface area (Å²) < 4.78 is 31.5. The Hall–Kier alpha value is -3.53. The Kier molecular flexibility index (Phi) is 6.37. The zero-order valence-electron chi connectivity index (χ0n) is 16.7. The molecule has 6 heteroatoms. The zero-order chi connectivity index (χ0) is 21.5. The highest BCUT2D eigenvalue weighted by Gasteiger charge is 2.38. The predicted octanol–water partition coefficient (Wildman–Crippen LogP) is 6.79. The molecule has 0 aliphatic carbocycles. The summed E-state index contributed by atoms with van der Waals surface area (Å²) in [7, 11) is -3.86. The van der Waals surface area contributed by atoms with E-state index in [9.17, 15) is 4.57 Å². The molecule has 1 atom stereocenters. The maximum atomic E-state index is 13.9. The van der Waals surface area contributed by atoms with Crippen molar-refractivity contribution >= 4 is 7.60 Å². The average molecular weight is 431 g/mol. The van der Waals surface area contributed by atoms with E-state index in [1.807, 2.05) is 48.5 Å². The molecule has 5 nitrogen and oxygen atoms in total. The lowest BCUT2D eigenvalue weighted by Gasteiger charge is -2.25. The molecule has 0 saturated carbocycles. The third-order valence-corrected chi connectivity index (χ3v) is 6.38. The van der Waals surface area contributed by atoms with E-state index in [1.54, 1.807) is 66.7 Å². The van der Waals surface area contributed by atoms with E-state index < -0.39 is 13.4 Å². The molecule has 0 amide bonds. The van der Waals surface area contributed by atoms with Gasteiger partial charge in [-0.05, 0) is 54.1 Å². The number of hydrogen-bond donors (Lipinski definition) is 1. The summed E-state index contributed by atoms with van der Waals surface area (Å²) in [5, 5.41) is 0. The van der Waals surface area contributed by atoms with Gasteiger partial charge in [-0.2, -0.15) is 0 Å². The maximum absolute atomic E-state index is 13.9. The Labute approximate surface area is 181 Å². The van der Waals surface area contributed by atoms with Gasteiger partial charge in [0.1, 0.15) is 23.0 Å². The second-order valence-electron chi connectivity index (χ2n) is 6.78. The van der Waals surface area contributed by atoms with Gasteiger partial charge in [0.05, 0.1) is 0 Å². The topological polar surface area (TPSA) is 70.8 Å². The molecule has 0 radical (unpaired) electrons. The monoisotopic (exact) mass is 431 g/mol. The van der Waals surface area contributed by atoms with Gasteiger partial charge < -0.3 is 19.5 Å². The third kappa shape index (κ3) is 5.34. The van der Waals surface area contributed by atoms with Gasteiger partial charge in [-0.1, -0.05) is 66.7 Å². The third-order valence-electron chi connectivity index (χ3n) is 4.47. The zero-order valence-corrected chi connectivity index (χ0v) is 17.6. The van der Waals surface area contributed by atoms with Crippen LogP contribution in [-0.2, 0) is 4.57 Å². The molecule has 0 aliphatic heterocycles. The van der Waals surface area contributed by atoms with Crippen LogP contribution in [0.4, 0.5) is 0 Å². The molecule has 2 N–H and O–H groups in total. The Balaban J connectivity index is 1.64. The summed E-state index contributed by atoms with van der Waals surface area (Å²) in [6.45, 7) is 0. The maximum Gasteiger partial charge on any atom is 0.451 e. The Morgan fingerprint density at radius 3 is 1.55 bits per heavy atom. The molecule has 0 aliphatic rings. The van der Waals surface area contributed by atoms with Crippen molar-refractivity contribution in [2.24, 2.45) is 5.73 Å². The number of hydrogen-bond acceptors (Lipinski definition) is 5. The summed E-state index contributed by atoms with van der Waals surface area (Å²) in [5.74, 6) is 1.05. The van der Waals surface area contributed by atoms with Crippen LogP contribution in [0, 0.1) is 0 Å². The van der Waals surface area contributed by atoms with Crippen LogP contribution in [0.2, 0.25) is 0 Å². The molecule has 1 unspecified atom stereocenters. The first-order chi connectivity index (χ1) is 15.1. The first-order valence-electron chi connectivity index (χ1n) is 9.80.